The van der Waals surface area contributed by atoms with E-state index in [-0.39, 0.29) is 11.3 Å². The van der Waals surface area contributed by atoms with E-state index in [0.717, 1.165) is 6.26 Å². The summed E-state index contributed by atoms with van der Waals surface area (Å²) in [7, 11) is -3.34. The number of nitrogens with zero attached hydrogens (tertiary/aromatic N) is 4. The van der Waals surface area contributed by atoms with Crippen molar-refractivity contribution >= 4 is 15.8 Å². The average Bonchev–Trinajstić information content (AvgIpc) is 2.86. The number of sulfone groups is 1. The Morgan fingerprint density at radius 1 is 1.43 bits per heavy atom. The van der Waals surface area contributed by atoms with Crippen molar-refractivity contribution < 1.29 is 18.3 Å². The second-order valence-corrected chi connectivity index (χ2v) is 6.71. The normalized spacial score (nSPS) is 13.0. The molecule has 21 heavy (non-hydrogen) atoms. The molecule has 1 aromatic heterocycles. The molecule has 0 spiro atoms. The molecule has 1 aromatic carbocycles. The minimum atomic E-state index is -3.34. The lowest BCUT2D eigenvalue weighted by Crippen LogP contribution is -2.13. The molecule has 2 aromatic rings. The summed E-state index contributed by atoms with van der Waals surface area (Å²) < 4.78 is 24.5. The maximum absolute atomic E-state index is 11.6. The third-order valence-electron chi connectivity index (χ3n) is 2.90. The summed E-state index contributed by atoms with van der Waals surface area (Å²) in [6.07, 6.45) is 0.978. The van der Waals surface area contributed by atoms with Crippen molar-refractivity contribution in [1.29, 1.82) is 0 Å². The highest BCUT2D eigenvalue weighted by Crippen LogP contribution is 2.23. The van der Waals surface area contributed by atoms with Gasteiger partial charge in [0.1, 0.15) is 0 Å². The largest absolute Gasteiger partial charge is 0.481 e. The predicted octanol–water partition coefficient (Wildman–Crippen LogP) is 0.779. The Labute approximate surface area is 121 Å². The molecule has 0 radical (unpaired) electrons. The quantitative estimate of drug-likeness (QED) is 0.867. The molecule has 0 saturated heterocycles. The Morgan fingerprint density at radius 2 is 2.14 bits per heavy atom. The first-order valence-electron chi connectivity index (χ1n) is 6.09. The lowest BCUT2D eigenvalue weighted by atomic mass is 10.2. The molecule has 0 amide bonds. The molecule has 0 fully saturated rings. The van der Waals surface area contributed by atoms with Crippen LogP contribution in [0.3, 0.4) is 0 Å². The SMILES string of the molecule is CC(CC(=O)O)n1nnnc1-c1cccc(S(C)(=O)=O)c1. The highest BCUT2D eigenvalue weighted by atomic mass is 32.2. The van der Waals surface area contributed by atoms with Crippen molar-refractivity contribution in [3.05, 3.63) is 24.3 Å². The minimum Gasteiger partial charge on any atom is -0.481 e. The van der Waals surface area contributed by atoms with Gasteiger partial charge in [-0.2, -0.15) is 0 Å². The maximum Gasteiger partial charge on any atom is 0.305 e. The number of hydrogen-bond acceptors (Lipinski definition) is 6. The van der Waals surface area contributed by atoms with Gasteiger partial charge in [-0.05, 0) is 29.5 Å². The first kappa shape index (κ1) is 15.1. The van der Waals surface area contributed by atoms with Crippen molar-refractivity contribution in [2.75, 3.05) is 6.26 Å². The van der Waals surface area contributed by atoms with Gasteiger partial charge in [-0.15, -0.1) is 5.10 Å². The van der Waals surface area contributed by atoms with Gasteiger partial charge in [-0.3, -0.25) is 4.79 Å². The Balaban J connectivity index is 2.44. The van der Waals surface area contributed by atoms with E-state index in [1.54, 1.807) is 19.1 Å². The smallest absolute Gasteiger partial charge is 0.305 e. The van der Waals surface area contributed by atoms with E-state index in [9.17, 15) is 13.2 Å². The molecular formula is C12H14N4O4S. The lowest BCUT2D eigenvalue weighted by Gasteiger charge is -2.11. The van der Waals surface area contributed by atoms with Gasteiger partial charge in [0, 0.05) is 11.8 Å². The molecular weight excluding hydrogens is 296 g/mol. The van der Waals surface area contributed by atoms with Gasteiger partial charge in [0.15, 0.2) is 15.7 Å². The zero-order valence-corrected chi connectivity index (χ0v) is 12.3. The number of rotatable bonds is 5. The lowest BCUT2D eigenvalue weighted by molar-refractivity contribution is -0.137. The van der Waals surface area contributed by atoms with Crippen LogP contribution < -0.4 is 0 Å². The molecule has 0 aliphatic rings. The number of aromatic nitrogens is 4. The fourth-order valence-electron chi connectivity index (χ4n) is 1.89. The van der Waals surface area contributed by atoms with E-state index in [0.29, 0.717) is 11.4 Å². The minimum absolute atomic E-state index is 0.135. The van der Waals surface area contributed by atoms with Gasteiger partial charge in [0.05, 0.1) is 17.4 Å². The van der Waals surface area contributed by atoms with Gasteiger partial charge in [-0.25, -0.2) is 13.1 Å². The standard InChI is InChI=1S/C12H14N4O4S/c1-8(6-11(17)18)16-12(13-14-15-16)9-4-3-5-10(7-9)21(2,19)20/h3-5,7-8H,6H2,1-2H3,(H,17,18). The van der Waals surface area contributed by atoms with Crippen LogP contribution in [0.4, 0.5) is 0 Å². The maximum atomic E-state index is 11.6. The second-order valence-electron chi connectivity index (χ2n) is 4.69. The van der Waals surface area contributed by atoms with Crippen molar-refractivity contribution in [3.8, 4) is 11.4 Å². The highest BCUT2D eigenvalue weighted by Gasteiger charge is 2.18. The summed E-state index contributed by atoms with van der Waals surface area (Å²) in [5, 5.41) is 20.0. The van der Waals surface area contributed by atoms with Crippen molar-refractivity contribution in [2.24, 2.45) is 0 Å². The van der Waals surface area contributed by atoms with Crippen molar-refractivity contribution in [3.63, 3.8) is 0 Å². The fraction of sp³-hybridized carbons (Fsp3) is 0.333. The molecule has 8 nitrogen and oxygen atoms in total. The fourth-order valence-corrected chi connectivity index (χ4v) is 2.55. The van der Waals surface area contributed by atoms with Crippen LogP contribution in [-0.4, -0.2) is 46.0 Å². The second kappa shape index (κ2) is 5.60. The molecule has 9 heteroatoms. The molecule has 1 N–H and O–H groups in total. The Bertz CT molecular complexity index is 769. The van der Waals surface area contributed by atoms with Crippen LogP contribution >= 0.6 is 0 Å². The van der Waals surface area contributed by atoms with E-state index in [1.165, 1.54) is 16.8 Å². The summed E-state index contributed by atoms with van der Waals surface area (Å²) in [4.78, 5) is 10.9. The van der Waals surface area contributed by atoms with E-state index in [4.69, 9.17) is 5.11 Å². The van der Waals surface area contributed by atoms with Crippen LogP contribution in [0.1, 0.15) is 19.4 Å². The summed E-state index contributed by atoms with van der Waals surface area (Å²) >= 11 is 0. The number of benzene rings is 1. The monoisotopic (exact) mass is 310 g/mol. The Hall–Kier alpha value is -2.29. The van der Waals surface area contributed by atoms with Gasteiger partial charge in [0.2, 0.25) is 0 Å². The molecule has 0 saturated carbocycles. The van der Waals surface area contributed by atoms with Crippen molar-refractivity contribution in [2.45, 2.75) is 24.3 Å². The average molecular weight is 310 g/mol. The molecule has 0 bridgehead atoms. The zero-order valence-electron chi connectivity index (χ0n) is 11.5. The number of hydrogen-bond donors (Lipinski definition) is 1. The third kappa shape index (κ3) is 3.43. The third-order valence-corrected chi connectivity index (χ3v) is 4.01. The Morgan fingerprint density at radius 3 is 2.76 bits per heavy atom. The first-order valence-corrected chi connectivity index (χ1v) is 7.98. The van der Waals surface area contributed by atoms with Crippen LogP contribution in [0.5, 0.6) is 0 Å². The van der Waals surface area contributed by atoms with E-state index < -0.39 is 21.8 Å². The number of carboxylic acids is 1. The topological polar surface area (TPSA) is 115 Å². The number of carbonyl (C=O) groups is 1. The molecule has 1 heterocycles. The Kier molecular flexibility index (Phi) is 4.03. The van der Waals surface area contributed by atoms with Crippen LogP contribution in [0, 0.1) is 0 Å². The van der Waals surface area contributed by atoms with Crippen molar-refractivity contribution in [1.82, 2.24) is 20.2 Å². The molecule has 0 aliphatic heterocycles. The first-order chi connectivity index (χ1) is 9.79. The van der Waals surface area contributed by atoms with Crippen LogP contribution in [-0.2, 0) is 14.6 Å². The van der Waals surface area contributed by atoms with E-state index in [1.807, 2.05) is 0 Å². The van der Waals surface area contributed by atoms with Crippen LogP contribution in [0.25, 0.3) is 11.4 Å². The van der Waals surface area contributed by atoms with Crippen LogP contribution in [0.2, 0.25) is 0 Å². The summed E-state index contributed by atoms with van der Waals surface area (Å²) in [5.74, 6) is -0.636. The number of carboxylic acid groups (broad SMARTS) is 1. The molecule has 2 rings (SSSR count). The van der Waals surface area contributed by atoms with E-state index >= 15 is 0 Å². The summed E-state index contributed by atoms with van der Waals surface area (Å²) in [6.45, 7) is 1.67. The van der Waals surface area contributed by atoms with Crippen LogP contribution in [0.15, 0.2) is 29.2 Å². The summed E-state index contributed by atoms with van der Waals surface area (Å²) in [6, 6.07) is 5.75. The van der Waals surface area contributed by atoms with E-state index in [2.05, 4.69) is 15.5 Å². The van der Waals surface area contributed by atoms with Gasteiger partial charge in [-0.1, -0.05) is 12.1 Å². The predicted molar refractivity (Wildman–Crippen MR) is 73.3 cm³/mol. The zero-order chi connectivity index (χ0) is 15.6. The van der Waals surface area contributed by atoms with Gasteiger partial charge >= 0.3 is 5.97 Å². The number of aliphatic carboxylic acids is 1. The highest BCUT2D eigenvalue weighted by molar-refractivity contribution is 7.90. The summed E-state index contributed by atoms with van der Waals surface area (Å²) in [5.41, 5.74) is 0.514. The molecule has 0 aliphatic carbocycles. The molecule has 1 unspecified atom stereocenters. The van der Waals surface area contributed by atoms with Gasteiger partial charge < -0.3 is 5.11 Å². The number of tetrazole rings is 1. The molecule has 1 atom stereocenters. The molecule has 112 valence electrons. The van der Waals surface area contributed by atoms with Gasteiger partial charge in [0.25, 0.3) is 0 Å².